The van der Waals surface area contributed by atoms with Gasteiger partial charge in [-0.15, -0.1) is 0 Å². The van der Waals surface area contributed by atoms with Crippen LogP contribution in [0.5, 0.6) is 0 Å². The maximum absolute atomic E-state index is 10.7. The highest BCUT2D eigenvalue weighted by atomic mass is 32.2. The highest BCUT2D eigenvalue weighted by Crippen LogP contribution is 2.20. The molecule has 0 radical (unpaired) electrons. The van der Waals surface area contributed by atoms with Crippen molar-refractivity contribution in [3.63, 3.8) is 0 Å². The Balaban J connectivity index is 0.000000240. The second kappa shape index (κ2) is 7.86. The zero-order valence-electron chi connectivity index (χ0n) is 11.0. The first-order valence-corrected chi connectivity index (χ1v) is 9.15. The van der Waals surface area contributed by atoms with Crippen molar-refractivity contribution in [2.75, 3.05) is 11.5 Å². The molecule has 0 aliphatic carbocycles. The first-order valence-electron chi connectivity index (χ1n) is 6.12. The third-order valence-electron chi connectivity index (χ3n) is 2.60. The van der Waals surface area contributed by atoms with E-state index in [9.17, 15) is 13.2 Å². The molecule has 1 aromatic carbocycles. The lowest BCUT2D eigenvalue weighted by Gasteiger charge is -2.08. The van der Waals surface area contributed by atoms with Gasteiger partial charge in [-0.1, -0.05) is 30.3 Å². The normalized spacial score (nSPS) is 16.8. The quantitative estimate of drug-likeness (QED) is 0.472. The molecule has 1 fully saturated rings. The maximum atomic E-state index is 10.7. The topological polar surface area (TPSA) is 57.2 Å². The summed E-state index contributed by atoms with van der Waals surface area (Å²) < 4.78 is 58.9. The number of rotatable bonds is 2. The molecule has 1 aliphatic rings. The first kappa shape index (κ1) is 18.1. The van der Waals surface area contributed by atoms with Gasteiger partial charge in [0, 0.05) is 10.9 Å². The first-order chi connectivity index (χ1) is 9.70. The van der Waals surface area contributed by atoms with Crippen LogP contribution >= 0.6 is 0 Å². The van der Waals surface area contributed by atoms with Gasteiger partial charge in [-0.3, -0.25) is 0 Å². The molecule has 1 aliphatic heterocycles. The van der Waals surface area contributed by atoms with Gasteiger partial charge in [0.1, 0.15) is 16.9 Å². The predicted octanol–water partition coefficient (Wildman–Crippen LogP) is 3.12. The largest absolute Gasteiger partial charge is 0.741 e. The third-order valence-corrected chi connectivity index (χ3v) is 5.31. The van der Waals surface area contributed by atoms with Crippen LogP contribution in [0.1, 0.15) is 18.4 Å². The van der Waals surface area contributed by atoms with Crippen LogP contribution in [0.2, 0.25) is 0 Å². The second-order valence-corrected chi connectivity index (χ2v) is 7.80. The molecule has 0 amide bonds. The number of hydrogen-bond acceptors (Lipinski definition) is 3. The Kier molecular flexibility index (Phi) is 6.76. The molecular formula is C13H15F3O3S2. The third kappa shape index (κ3) is 7.01. The van der Waals surface area contributed by atoms with E-state index in [1.54, 1.807) is 0 Å². The van der Waals surface area contributed by atoms with Crippen molar-refractivity contribution >= 4 is 27.1 Å². The lowest BCUT2D eigenvalue weighted by Crippen LogP contribution is -2.21. The number of benzene rings is 1. The van der Waals surface area contributed by atoms with Crippen LogP contribution in [0, 0.1) is 0 Å². The molecule has 2 rings (SSSR count). The van der Waals surface area contributed by atoms with Crippen LogP contribution < -0.4 is 0 Å². The minimum atomic E-state index is -6.09. The van der Waals surface area contributed by atoms with Gasteiger partial charge in [0.05, 0.1) is 0 Å². The van der Waals surface area contributed by atoms with Gasteiger partial charge in [0.25, 0.3) is 0 Å². The van der Waals surface area contributed by atoms with Crippen molar-refractivity contribution < 1.29 is 26.1 Å². The summed E-state index contributed by atoms with van der Waals surface area (Å²) in [4.78, 5) is 0. The molecule has 0 saturated carbocycles. The van der Waals surface area contributed by atoms with E-state index >= 15 is 0 Å². The zero-order valence-corrected chi connectivity index (χ0v) is 12.7. The number of alkyl halides is 3. The average molecular weight is 340 g/mol. The van der Waals surface area contributed by atoms with Crippen molar-refractivity contribution in [1.29, 1.82) is 0 Å². The Labute approximate surface area is 125 Å². The smallest absolute Gasteiger partial charge is 0.485 e. The lowest BCUT2D eigenvalue weighted by molar-refractivity contribution is -0.0517. The second-order valence-electron chi connectivity index (χ2n) is 4.27. The molecule has 1 saturated heterocycles. The van der Waals surface area contributed by atoms with Gasteiger partial charge in [-0.05, 0) is 24.5 Å². The van der Waals surface area contributed by atoms with E-state index in [2.05, 4.69) is 41.8 Å². The van der Waals surface area contributed by atoms with E-state index in [-0.39, 0.29) is 0 Å². The van der Waals surface area contributed by atoms with Crippen LogP contribution in [0.3, 0.4) is 0 Å². The molecule has 1 heterocycles. The Hall–Kier alpha value is -0.990. The molecule has 0 unspecified atom stereocenters. The highest BCUT2D eigenvalue weighted by Gasteiger charge is 2.36. The van der Waals surface area contributed by atoms with E-state index in [0.717, 1.165) is 0 Å². The molecule has 3 nitrogen and oxygen atoms in total. The SMILES string of the molecule is C(=C[S+]1CCCC1)c1ccccc1.O=S(=O)([O-])C(F)(F)F. The van der Waals surface area contributed by atoms with Gasteiger partial charge in [0.15, 0.2) is 10.1 Å². The maximum Gasteiger partial charge on any atom is 0.485 e. The van der Waals surface area contributed by atoms with Crippen molar-refractivity contribution in [2.45, 2.75) is 18.3 Å². The van der Waals surface area contributed by atoms with Gasteiger partial charge in [-0.25, -0.2) is 8.42 Å². The van der Waals surface area contributed by atoms with E-state index < -0.39 is 15.6 Å². The van der Waals surface area contributed by atoms with Crippen molar-refractivity contribution in [3.8, 4) is 0 Å². The monoisotopic (exact) mass is 340 g/mol. The summed E-state index contributed by atoms with van der Waals surface area (Å²) in [5, 5.41) is 2.41. The standard InChI is InChI=1S/C12H15S.CHF3O3S/c1-2-6-12(7-3-1)8-11-13-9-4-5-10-13;2-1(3,4)8(5,6)7/h1-3,6-8,11H,4-5,9-10H2;(H,5,6,7)/q+1;/p-1. The van der Waals surface area contributed by atoms with E-state index in [0.29, 0.717) is 10.9 Å². The van der Waals surface area contributed by atoms with Gasteiger partial charge < -0.3 is 4.55 Å². The Morgan fingerprint density at radius 3 is 2.00 bits per heavy atom. The Bertz CT molecular complexity index is 548. The van der Waals surface area contributed by atoms with Crippen LogP contribution in [0.15, 0.2) is 35.7 Å². The van der Waals surface area contributed by atoms with Crippen LogP contribution in [-0.2, 0) is 21.0 Å². The summed E-state index contributed by atoms with van der Waals surface area (Å²) in [6, 6.07) is 10.6. The van der Waals surface area contributed by atoms with Gasteiger partial charge >= 0.3 is 5.51 Å². The molecule has 1 aromatic rings. The lowest BCUT2D eigenvalue weighted by atomic mass is 10.2. The van der Waals surface area contributed by atoms with Crippen molar-refractivity contribution in [3.05, 3.63) is 41.3 Å². The minimum absolute atomic E-state index is 0.592. The van der Waals surface area contributed by atoms with E-state index in [1.807, 2.05) is 0 Å². The fourth-order valence-electron chi connectivity index (χ4n) is 1.55. The minimum Gasteiger partial charge on any atom is -0.741 e. The highest BCUT2D eigenvalue weighted by molar-refractivity contribution is 7.99. The van der Waals surface area contributed by atoms with Crippen LogP contribution in [0.25, 0.3) is 6.08 Å². The van der Waals surface area contributed by atoms with Crippen molar-refractivity contribution in [2.24, 2.45) is 0 Å². The summed E-state index contributed by atoms with van der Waals surface area (Å²) in [5.74, 6) is 2.84. The Morgan fingerprint density at radius 1 is 1.10 bits per heavy atom. The summed E-state index contributed by atoms with van der Waals surface area (Å²) >= 11 is 0. The number of halogens is 3. The van der Waals surface area contributed by atoms with Crippen LogP contribution in [-0.4, -0.2) is 30.0 Å². The molecule has 0 atom stereocenters. The fourth-order valence-corrected chi connectivity index (χ4v) is 3.53. The van der Waals surface area contributed by atoms with E-state index in [1.165, 1.54) is 29.9 Å². The summed E-state index contributed by atoms with van der Waals surface area (Å²) in [6.45, 7) is 0. The summed E-state index contributed by atoms with van der Waals surface area (Å²) in [7, 11) is -5.50. The van der Waals surface area contributed by atoms with Gasteiger partial charge in [0.2, 0.25) is 0 Å². The molecule has 118 valence electrons. The average Bonchev–Trinajstić information content (AvgIpc) is 2.89. The molecule has 0 bridgehead atoms. The molecular weight excluding hydrogens is 325 g/mol. The zero-order chi connectivity index (χ0) is 15.9. The summed E-state index contributed by atoms with van der Waals surface area (Å²) in [6.07, 6.45) is 5.14. The molecule has 0 spiro atoms. The molecule has 8 heteroatoms. The number of hydrogen-bond donors (Lipinski definition) is 0. The summed E-state index contributed by atoms with van der Waals surface area (Å²) in [5.41, 5.74) is -4.31. The van der Waals surface area contributed by atoms with Crippen molar-refractivity contribution in [1.82, 2.24) is 0 Å². The molecule has 0 N–H and O–H groups in total. The molecule has 21 heavy (non-hydrogen) atoms. The fraction of sp³-hybridized carbons (Fsp3) is 0.385. The predicted molar refractivity (Wildman–Crippen MR) is 77.6 cm³/mol. The molecule has 0 aromatic heterocycles. The van der Waals surface area contributed by atoms with E-state index in [4.69, 9.17) is 13.0 Å². The Morgan fingerprint density at radius 2 is 1.57 bits per heavy atom. The van der Waals surface area contributed by atoms with Crippen LogP contribution in [0.4, 0.5) is 13.2 Å². The van der Waals surface area contributed by atoms with Gasteiger partial charge in [-0.2, -0.15) is 13.2 Å².